The predicted molar refractivity (Wildman–Crippen MR) is 120 cm³/mol. The highest BCUT2D eigenvalue weighted by Crippen LogP contribution is 2.55. The third kappa shape index (κ3) is 3.44. The highest BCUT2D eigenvalue weighted by molar-refractivity contribution is 7.92. The lowest BCUT2D eigenvalue weighted by Gasteiger charge is -2.56. The van der Waals surface area contributed by atoms with Crippen LogP contribution in [0.5, 0.6) is 5.75 Å². The molecular weight excluding hydrogens is 398 g/mol. The predicted octanol–water partition coefficient (Wildman–Crippen LogP) is 3.85. The maximum atomic E-state index is 11.4. The van der Waals surface area contributed by atoms with Crippen molar-refractivity contribution in [2.75, 3.05) is 22.8 Å². The first-order valence-electron chi connectivity index (χ1n) is 10.8. The second kappa shape index (κ2) is 7.17. The van der Waals surface area contributed by atoms with Crippen LogP contribution in [-0.4, -0.2) is 32.4 Å². The number of rotatable bonds is 4. The maximum absolute atomic E-state index is 11.4. The number of phenols is 1. The first-order valence-corrected chi connectivity index (χ1v) is 12.7. The van der Waals surface area contributed by atoms with Gasteiger partial charge in [0.1, 0.15) is 5.75 Å². The van der Waals surface area contributed by atoms with E-state index in [4.69, 9.17) is 0 Å². The fraction of sp³-hybridized carbons (Fsp3) is 0.478. The van der Waals surface area contributed by atoms with E-state index in [0.29, 0.717) is 23.3 Å². The zero-order valence-electron chi connectivity index (χ0n) is 17.2. The van der Waals surface area contributed by atoms with Gasteiger partial charge in [-0.15, -0.1) is 0 Å². The van der Waals surface area contributed by atoms with Crippen molar-refractivity contribution in [1.29, 1.82) is 0 Å². The lowest BCUT2D eigenvalue weighted by atomic mass is 9.53. The minimum Gasteiger partial charge on any atom is -0.506 e. The molecule has 2 aromatic rings. The number of hydrogen-bond donors (Lipinski definition) is 4. The molecule has 3 aliphatic rings. The van der Waals surface area contributed by atoms with Gasteiger partial charge in [-0.05, 0) is 85.7 Å². The molecule has 2 bridgehead atoms. The molecule has 5 rings (SSSR count). The molecule has 0 aromatic heterocycles. The van der Waals surface area contributed by atoms with Gasteiger partial charge in [-0.2, -0.15) is 0 Å². The molecule has 1 saturated carbocycles. The molecule has 7 heteroatoms. The molecule has 2 aromatic carbocycles. The van der Waals surface area contributed by atoms with Crippen molar-refractivity contribution in [2.45, 2.75) is 50.0 Å². The van der Waals surface area contributed by atoms with E-state index in [9.17, 15) is 13.5 Å². The van der Waals surface area contributed by atoms with E-state index >= 15 is 0 Å². The van der Waals surface area contributed by atoms with E-state index in [-0.39, 0.29) is 11.2 Å². The Morgan fingerprint density at radius 2 is 1.87 bits per heavy atom. The summed E-state index contributed by atoms with van der Waals surface area (Å²) in [4.78, 5) is 0. The van der Waals surface area contributed by atoms with Crippen LogP contribution in [0.2, 0.25) is 0 Å². The van der Waals surface area contributed by atoms with E-state index < -0.39 is 10.0 Å². The number of sulfonamides is 1. The molecule has 1 aliphatic heterocycles. The molecule has 1 heterocycles. The van der Waals surface area contributed by atoms with Crippen LogP contribution in [-0.2, 0) is 21.9 Å². The molecule has 0 unspecified atom stereocenters. The van der Waals surface area contributed by atoms with Gasteiger partial charge in [0.15, 0.2) is 0 Å². The van der Waals surface area contributed by atoms with Crippen molar-refractivity contribution in [3.63, 3.8) is 0 Å². The lowest BCUT2D eigenvalue weighted by molar-refractivity contribution is 0.0796. The molecule has 1 saturated heterocycles. The summed E-state index contributed by atoms with van der Waals surface area (Å²) in [5.41, 5.74) is 4.92. The standard InChI is InChI=1S/C23H29N3O3S/c1-30(28,29)26-17-7-5-16(6-8-17)25-21-13-15-12-20-18-4-2-3-9-23(18,10-11-24-20)19(15)14-22(21)27/h5-8,13-14,18,20,24-27H,2-4,9-12H2,1H3/t18-,20+,23+/m0/s1. The second-order valence-corrected chi connectivity index (χ2v) is 10.9. The van der Waals surface area contributed by atoms with Gasteiger partial charge in [0.05, 0.1) is 11.9 Å². The summed E-state index contributed by atoms with van der Waals surface area (Å²) in [7, 11) is -3.30. The van der Waals surface area contributed by atoms with E-state index in [2.05, 4.69) is 21.4 Å². The Bertz CT molecular complexity index is 1060. The summed E-state index contributed by atoms with van der Waals surface area (Å²) >= 11 is 0. The van der Waals surface area contributed by atoms with Crippen LogP contribution in [0.1, 0.15) is 43.2 Å². The summed E-state index contributed by atoms with van der Waals surface area (Å²) in [6.45, 7) is 1.06. The first kappa shape index (κ1) is 19.7. The minimum absolute atomic E-state index is 0.219. The summed E-state index contributed by atoms with van der Waals surface area (Å²) in [5, 5.41) is 17.9. The number of hydrogen-bond acceptors (Lipinski definition) is 5. The Morgan fingerprint density at radius 3 is 2.63 bits per heavy atom. The highest BCUT2D eigenvalue weighted by Gasteiger charge is 2.51. The van der Waals surface area contributed by atoms with Crippen LogP contribution in [0.4, 0.5) is 17.1 Å². The molecule has 3 atom stereocenters. The Balaban J connectivity index is 1.44. The molecule has 2 aliphatic carbocycles. The van der Waals surface area contributed by atoms with E-state index in [1.54, 1.807) is 24.3 Å². The van der Waals surface area contributed by atoms with Crippen LogP contribution in [0.15, 0.2) is 36.4 Å². The number of phenolic OH excluding ortho intramolecular Hbond substituents is 1. The number of aromatic hydroxyl groups is 1. The first-order chi connectivity index (χ1) is 14.3. The normalized spacial score (nSPS) is 27.6. The smallest absolute Gasteiger partial charge is 0.229 e. The van der Waals surface area contributed by atoms with Gasteiger partial charge in [-0.25, -0.2) is 8.42 Å². The zero-order valence-corrected chi connectivity index (χ0v) is 18.1. The van der Waals surface area contributed by atoms with Gasteiger partial charge in [-0.3, -0.25) is 4.72 Å². The van der Waals surface area contributed by atoms with Gasteiger partial charge in [0.2, 0.25) is 10.0 Å². The molecule has 160 valence electrons. The Hall–Kier alpha value is -2.25. The average Bonchev–Trinajstić information content (AvgIpc) is 2.70. The monoisotopic (exact) mass is 427 g/mol. The summed E-state index contributed by atoms with van der Waals surface area (Å²) < 4.78 is 25.2. The van der Waals surface area contributed by atoms with Crippen molar-refractivity contribution in [1.82, 2.24) is 5.32 Å². The number of fused-ring (bicyclic) bond motifs is 1. The van der Waals surface area contributed by atoms with Crippen molar-refractivity contribution in [3.8, 4) is 5.75 Å². The zero-order chi connectivity index (χ0) is 20.9. The van der Waals surface area contributed by atoms with Crippen LogP contribution in [0.25, 0.3) is 0 Å². The molecule has 6 nitrogen and oxygen atoms in total. The molecular formula is C23H29N3O3S. The van der Waals surface area contributed by atoms with Crippen molar-refractivity contribution < 1.29 is 13.5 Å². The van der Waals surface area contributed by atoms with Crippen LogP contribution >= 0.6 is 0 Å². The SMILES string of the molecule is CS(=O)(=O)Nc1ccc(Nc2cc3c(cc2O)[C@@]24CCCC[C@H]2[C@@H](C3)NCC4)cc1. The maximum Gasteiger partial charge on any atom is 0.229 e. The Labute approximate surface area is 178 Å². The Kier molecular flexibility index (Phi) is 4.71. The van der Waals surface area contributed by atoms with Crippen molar-refractivity contribution in [2.24, 2.45) is 5.92 Å². The fourth-order valence-electron chi connectivity index (χ4n) is 6.06. The average molecular weight is 428 g/mol. The van der Waals surface area contributed by atoms with Gasteiger partial charge in [0, 0.05) is 22.8 Å². The van der Waals surface area contributed by atoms with Gasteiger partial charge < -0.3 is 15.7 Å². The molecule has 4 N–H and O–H groups in total. The highest BCUT2D eigenvalue weighted by atomic mass is 32.2. The quantitative estimate of drug-likeness (QED) is 0.557. The lowest BCUT2D eigenvalue weighted by Crippen LogP contribution is -2.59. The third-order valence-corrected chi connectivity index (χ3v) is 7.83. The summed E-state index contributed by atoms with van der Waals surface area (Å²) in [6, 6.07) is 11.7. The van der Waals surface area contributed by atoms with Gasteiger partial charge in [-0.1, -0.05) is 12.8 Å². The number of piperidine rings is 1. The van der Waals surface area contributed by atoms with E-state index in [1.807, 2.05) is 6.07 Å². The summed E-state index contributed by atoms with van der Waals surface area (Å²) in [6.07, 6.45) is 8.39. The topological polar surface area (TPSA) is 90.5 Å². The molecule has 0 amide bonds. The third-order valence-electron chi connectivity index (χ3n) is 7.23. The van der Waals surface area contributed by atoms with Gasteiger partial charge >= 0.3 is 0 Å². The van der Waals surface area contributed by atoms with Crippen LogP contribution in [0.3, 0.4) is 0 Å². The van der Waals surface area contributed by atoms with E-state index in [0.717, 1.165) is 31.3 Å². The molecule has 0 spiro atoms. The van der Waals surface area contributed by atoms with Gasteiger partial charge in [0.25, 0.3) is 0 Å². The number of nitrogens with one attached hydrogen (secondary N) is 3. The number of anilines is 3. The minimum atomic E-state index is -3.30. The molecule has 2 fully saturated rings. The fourth-order valence-corrected chi connectivity index (χ4v) is 6.63. The number of benzene rings is 2. The largest absolute Gasteiger partial charge is 0.506 e. The summed E-state index contributed by atoms with van der Waals surface area (Å²) in [5.74, 6) is 0.961. The molecule has 30 heavy (non-hydrogen) atoms. The van der Waals surface area contributed by atoms with Crippen LogP contribution in [0, 0.1) is 5.92 Å². The van der Waals surface area contributed by atoms with Crippen LogP contribution < -0.4 is 15.4 Å². The molecule has 0 radical (unpaired) electrons. The van der Waals surface area contributed by atoms with Crippen molar-refractivity contribution in [3.05, 3.63) is 47.5 Å². The Morgan fingerprint density at radius 1 is 1.10 bits per heavy atom. The second-order valence-electron chi connectivity index (χ2n) is 9.13. The van der Waals surface area contributed by atoms with Crippen molar-refractivity contribution >= 4 is 27.1 Å². The van der Waals surface area contributed by atoms with E-state index in [1.165, 1.54) is 36.8 Å².